The SMILES string of the molecule is Cn1cnc2nc(O[Si](C)(C)C)ncc21. The summed E-state index contributed by atoms with van der Waals surface area (Å²) in [5, 5.41) is 0. The highest BCUT2D eigenvalue weighted by Gasteiger charge is 2.18. The molecule has 2 heterocycles. The van der Waals surface area contributed by atoms with Crippen LogP contribution in [0.2, 0.25) is 19.6 Å². The fourth-order valence-electron chi connectivity index (χ4n) is 1.22. The number of rotatable bonds is 2. The van der Waals surface area contributed by atoms with Crippen molar-refractivity contribution in [3.05, 3.63) is 12.5 Å². The van der Waals surface area contributed by atoms with E-state index in [1.807, 2.05) is 11.6 Å². The van der Waals surface area contributed by atoms with E-state index in [4.69, 9.17) is 4.43 Å². The highest BCUT2D eigenvalue weighted by molar-refractivity contribution is 6.70. The lowest BCUT2D eigenvalue weighted by molar-refractivity contribution is 0.512. The third-order valence-corrected chi connectivity index (χ3v) is 2.65. The van der Waals surface area contributed by atoms with Gasteiger partial charge in [-0.15, -0.1) is 0 Å². The first-order valence-electron chi connectivity index (χ1n) is 4.79. The van der Waals surface area contributed by atoms with E-state index < -0.39 is 8.32 Å². The van der Waals surface area contributed by atoms with Crippen LogP contribution in [-0.4, -0.2) is 27.8 Å². The normalized spacial score (nSPS) is 12.0. The van der Waals surface area contributed by atoms with Crippen molar-refractivity contribution in [1.29, 1.82) is 0 Å². The topological polar surface area (TPSA) is 52.8 Å². The van der Waals surface area contributed by atoms with Gasteiger partial charge in [-0.3, -0.25) is 0 Å². The Kier molecular flexibility index (Phi) is 2.22. The molecule has 6 heteroatoms. The summed E-state index contributed by atoms with van der Waals surface area (Å²) in [4.78, 5) is 12.6. The fourth-order valence-corrected chi connectivity index (χ4v) is 1.87. The van der Waals surface area contributed by atoms with Crippen LogP contribution in [0.15, 0.2) is 12.5 Å². The Balaban J connectivity index is 2.39. The van der Waals surface area contributed by atoms with Gasteiger partial charge in [0.25, 0.3) is 0 Å². The van der Waals surface area contributed by atoms with E-state index in [0.29, 0.717) is 11.7 Å². The summed E-state index contributed by atoms with van der Waals surface area (Å²) in [7, 11) is 0.276. The van der Waals surface area contributed by atoms with Crippen LogP contribution >= 0.6 is 0 Å². The minimum Gasteiger partial charge on any atom is -0.518 e. The van der Waals surface area contributed by atoms with Gasteiger partial charge in [0.1, 0.15) is 5.52 Å². The Morgan fingerprint density at radius 3 is 2.67 bits per heavy atom. The zero-order chi connectivity index (χ0) is 11.1. The van der Waals surface area contributed by atoms with Crippen molar-refractivity contribution < 1.29 is 4.43 Å². The molecule has 15 heavy (non-hydrogen) atoms. The van der Waals surface area contributed by atoms with Gasteiger partial charge in [-0.2, -0.15) is 4.98 Å². The lowest BCUT2D eigenvalue weighted by atomic mass is 10.5. The van der Waals surface area contributed by atoms with Crippen molar-refractivity contribution in [3.8, 4) is 6.01 Å². The Morgan fingerprint density at radius 2 is 2.00 bits per heavy atom. The molecule has 80 valence electrons. The lowest BCUT2D eigenvalue weighted by Crippen LogP contribution is -2.30. The van der Waals surface area contributed by atoms with Crippen LogP contribution in [0.25, 0.3) is 11.2 Å². The molecule has 0 aromatic carbocycles. The Morgan fingerprint density at radius 1 is 1.27 bits per heavy atom. The first-order valence-corrected chi connectivity index (χ1v) is 8.20. The molecule has 0 saturated carbocycles. The molecule has 0 aliphatic heterocycles. The smallest absolute Gasteiger partial charge is 0.304 e. The molecule has 0 N–H and O–H groups in total. The summed E-state index contributed by atoms with van der Waals surface area (Å²) in [6.07, 6.45) is 3.46. The van der Waals surface area contributed by atoms with Gasteiger partial charge in [-0.1, -0.05) is 0 Å². The zero-order valence-electron chi connectivity index (χ0n) is 9.35. The second-order valence-electron chi connectivity index (χ2n) is 4.43. The Hall–Kier alpha value is -1.43. The van der Waals surface area contributed by atoms with Gasteiger partial charge in [-0.25, -0.2) is 9.97 Å². The van der Waals surface area contributed by atoms with E-state index in [1.54, 1.807) is 12.5 Å². The van der Waals surface area contributed by atoms with Gasteiger partial charge in [-0.05, 0) is 19.6 Å². The average molecular weight is 222 g/mol. The molecule has 0 bridgehead atoms. The average Bonchev–Trinajstić information content (AvgIpc) is 2.45. The first-order chi connectivity index (χ1) is 6.96. The monoisotopic (exact) mass is 222 g/mol. The van der Waals surface area contributed by atoms with Gasteiger partial charge in [0.05, 0.1) is 12.5 Å². The van der Waals surface area contributed by atoms with Crippen molar-refractivity contribution in [2.45, 2.75) is 19.6 Å². The van der Waals surface area contributed by atoms with Crippen LogP contribution in [0.1, 0.15) is 0 Å². The lowest BCUT2D eigenvalue weighted by Gasteiger charge is -2.16. The molecule has 5 nitrogen and oxygen atoms in total. The van der Waals surface area contributed by atoms with Crippen molar-refractivity contribution in [2.75, 3.05) is 0 Å². The number of aromatic nitrogens is 4. The molecule has 0 amide bonds. The van der Waals surface area contributed by atoms with Gasteiger partial charge < -0.3 is 8.99 Å². The maximum Gasteiger partial charge on any atom is 0.304 e. The minimum atomic E-state index is -1.64. The molecule has 0 aliphatic rings. The van der Waals surface area contributed by atoms with E-state index >= 15 is 0 Å². The number of nitrogens with zero attached hydrogens (tertiary/aromatic N) is 4. The molecule has 0 fully saturated rings. The summed E-state index contributed by atoms with van der Waals surface area (Å²) < 4.78 is 7.57. The third kappa shape index (κ3) is 2.15. The number of hydrogen-bond donors (Lipinski definition) is 0. The molecule has 0 aliphatic carbocycles. The first kappa shape index (κ1) is 10.1. The number of aryl methyl sites for hydroxylation is 1. The molecule has 0 spiro atoms. The maximum atomic E-state index is 5.69. The predicted molar refractivity (Wildman–Crippen MR) is 60.3 cm³/mol. The van der Waals surface area contributed by atoms with E-state index in [0.717, 1.165) is 5.52 Å². The largest absolute Gasteiger partial charge is 0.518 e. The van der Waals surface area contributed by atoms with Gasteiger partial charge in [0.15, 0.2) is 5.65 Å². The quantitative estimate of drug-likeness (QED) is 0.724. The molecule has 0 saturated heterocycles. The number of hydrogen-bond acceptors (Lipinski definition) is 4. The summed E-state index contributed by atoms with van der Waals surface area (Å²) in [5.41, 5.74) is 1.60. The molecule has 0 atom stereocenters. The predicted octanol–water partition coefficient (Wildman–Crippen LogP) is 1.58. The molecular weight excluding hydrogens is 208 g/mol. The molecule has 2 aromatic heterocycles. The van der Waals surface area contributed by atoms with Crippen LogP contribution in [0.4, 0.5) is 0 Å². The zero-order valence-corrected chi connectivity index (χ0v) is 10.4. The van der Waals surface area contributed by atoms with Crippen LogP contribution in [0.5, 0.6) is 6.01 Å². The molecule has 0 unspecified atom stereocenters. The molecule has 2 aromatic rings. The van der Waals surface area contributed by atoms with Crippen LogP contribution in [0.3, 0.4) is 0 Å². The van der Waals surface area contributed by atoms with Crippen molar-refractivity contribution in [1.82, 2.24) is 19.5 Å². The Bertz CT molecular complexity index is 488. The summed E-state index contributed by atoms with van der Waals surface area (Å²) >= 11 is 0. The number of imidazole rings is 1. The molecule has 2 rings (SSSR count). The van der Waals surface area contributed by atoms with Gasteiger partial charge in [0, 0.05) is 7.05 Å². The van der Waals surface area contributed by atoms with E-state index in [1.165, 1.54) is 0 Å². The van der Waals surface area contributed by atoms with E-state index in [-0.39, 0.29) is 0 Å². The van der Waals surface area contributed by atoms with E-state index in [9.17, 15) is 0 Å². The van der Waals surface area contributed by atoms with Gasteiger partial charge in [0.2, 0.25) is 8.32 Å². The molecular formula is C9H14N4OSi. The number of fused-ring (bicyclic) bond motifs is 1. The minimum absolute atomic E-state index is 0.431. The van der Waals surface area contributed by atoms with Crippen molar-refractivity contribution in [2.24, 2.45) is 7.05 Å². The Labute approximate surface area is 89.3 Å². The highest BCUT2D eigenvalue weighted by Crippen LogP contribution is 2.14. The maximum absolute atomic E-state index is 5.69. The van der Waals surface area contributed by atoms with Crippen LogP contribution < -0.4 is 4.43 Å². The van der Waals surface area contributed by atoms with Crippen LogP contribution in [-0.2, 0) is 7.05 Å². The van der Waals surface area contributed by atoms with Crippen LogP contribution in [0, 0.1) is 0 Å². The molecule has 0 radical (unpaired) electrons. The third-order valence-electron chi connectivity index (χ3n) is 1.86. The highest BCUT2D eigenvalue weighted by atomic mass is 28.4. The van der Waals surface area contributed by atoms with Gasteiger partial charge >= 0.3 is 6.01 Å². The standard InChI is InChI=1S/C9H14N4OSi/c1-13-6-11-8-7(13)5-10-9(12-8)14-15(2,3)4/h5-6H,1-4H3. The second kappa shape index (κ2) is 3.30. The van der Waals surface area contributed by atoms with Crippen molar-refractivity contribution in [3.63, 3.8) is 0 Å². The summed E-state index contributed by atoms with van der Waals surface area (Å²) in [5.74, 6) is 0. The summed E-state index contributed by atoms with van der Waals surface area (Å²) in [6.45, 7) is 6.29. The summed E-state index contributed by atoms with van der Waals surface area (Å²) in [6, 6.07) is 0.431. The van der Waals surface area contributed by atoms with E-state index in [2.05, 4.69) is 34.6 Å². The fraction of sp³-hybridized carbons (Fsp3) is 0.444. The van der Waals surface area contributed by atoms with Crippen molar-refractivity contribution >= 4 is 19.5 Å². The second-order valence-corrected chi connectivity index (χ2v) is 8.86.